The lowest BCUT2D eigenvalue weighted by Crippen LogP contribution is -2.54. The predicted molar refractivity (Wildman–Crippen MR) is 166 cm³/mol. The van der Waals surface area contributed by atoms with E-state index in [-0.39, 0.29) is 13.2 Å². The molecule has 1 fully saturated rings. The smallest absolute Gasteiger partial charge is 0.300 e. The van der Waals surface area contributed by atoms with Crippen molar-refractivity contribution in [1.82, 2.24) is 4.90 Å². The van der Waals surface area contributed by atoms with E-state index < -0.39 is 36.7 Å². The van der Waals surface area contributed by atoms with Crippen LogP contribution in [-0.2, 0) is 20.7 Å². The number of nitrogens with two attached hydrogens (primary N) is 1. The molecule has 0 saturated carbocycles. The number of benzene rings is 2. The van der Waals surface area contributed by atoms with Crippen molar-refractivity contribution in [3.05, 3.63) is 65.7 Å². The number of hydrogen-bond donors (Lipinski definition) is 5. The second kappa shape index (κ2) is 21.2. The van der Waals surface area contributed by atoms with Gasteiger partial charge in [0.2, 0.25) is 0 Å². The Morgan fingerprint density at radius 3 is 2.37 bits per heavy atom. The highest BCUT2D eigenvalue weighted by Gasteiger charge is 2.39. The van der Waals surface area contributed by atoms with E-state index in [1.807, 2.05) is 42.5 Å². The normalized spacial score (nSPS) is 19.7. The Bertz CT molecular complexity index is 990. The molecule has 43 heavy (non-hydrogen) atoms. The van der Waals surface area contributed by atoms with Crippen molar-refractivity contribution < 1.29 is 39.4 Å². The fourth-order valence-electron chi connectivity index (χ4n) is 4.81. The van der Waals surface area contributed by atoms with Crippen LogP contribution >= 0.6 is 0 Å². The summed E-state index contributed by atoms with van der Waals surface area (Å²) in [7, 11) is 0. The summed E-state index contributed by atoms with van der Waals surface area (Å²) in [4.78, 5) is 11.1. The first-order valence-corrected chi connectivity index (χ1v) is 15.4. The molecule has 0 spiro atoms. The Labute approximate surface area is 256 Å². The highest BCUT2D eigenvalue weighted by Crippen LogP contribution is 2.28. The fraction of sp³-hybridized carbons (Fsp3) is 0.606. The third-order valence-corrected chi connectivity index (χ3v) is 7.17. The topological polar surface area (TPSA) is 155 Å². The predicted octanol–water partition coefficient (Wildman–Crippen LogP) is 3.52. The van der Waals surface area contributed by atoms with Gasteiger partial charge >= 0.3 is 0 Å². The molecule has 1 aliphatic heterocycles. The zero-order valence-electron chi connectivity index (χ0n) is 25.7. The number of rotatable bonds is 18. The molecule has 10 heteroatoms. The van der Waals surface area contributed by atoms with Gasteiger partial charge in [-0.15, -0.1) is 0 Å². The molecule has 0 radical (unpaired) electrons. The molecule has 0 amide bonds. The second-order valence-corrected chi connectivity index (χ2v) is 10.9. The summed E-state index contributed by atoms with van der Waals surface area (Å²) in [6, 6.07) is 17.6. The van der Waals surface area contributed by atoms with E-state index in [2.05, 4.69) is 24.0 Å². The molecule has 242 valence electrons. The Morgan fingerprint density at radius 2 is 1.72 bits per heavy atom. The van der Waals surface area contributed by atoms with Crippen molar-refractivity contribution in [2.75, 3.05) is 39.4 Å². The van der Waals surface area contributed by atoms with Gasteiger partial charge in [-0.05, 0) is 56.5 Å². The van der Waals surface area contributed by atoms with Crippen LogP contribution in [0.25, 0.3) is 0 Å². The summed E-state index contributed by atoms with van der Waals surface area (Å²) >= 11 is 0. The number of carboxylic acid groups (broad SMARTS) is 1. The number of aliphatic carboxylic acids is 1. The van der Waals surface area contributed by atoms with Crippen LogP contribution < -0.4 is 10.5 Å². The third kappa shape index (κ3) is 14.6. The van der Waals surface area contributed by atoms with Gasteiger partial charge in [-0.1, -0.05) is 68.7 Å². The Morgan fingerprint density at radius 1 is 1.02 bits per heavy atom. The standard InChI is InChI=1S/C31H48N2O6.C2H4O2/c1-2-3-4-10-19-33(20-21-37-26-16-14-24(15-17-26)11-8-9-18-32)22-27(34)29(36)30-28(35)23-38-31(39-30)25-12-6-5-7-13-25;1-2(3)4/h5-7,12-17,27-31,34-36H,2-4,8-11,18-23,32H2,1H3;1H3,(H,3,4)/t27-,28+,29+,30+,31?;/m0./s1. The molecule has 6 N–H and O–H groups in total. The molecule has 5 atom stereocenters. The summed E-state index contributed by atoms with van der Waals surface area (Å²) in [5, 5.41) is 39.9. The Kier molecular flexibility index (Phi) is 18.0. The quantitative estimate of drug-likeness (QED) is 0.160. The number of ether oxygens (including phenoxy) is 3. The monoisotopic (exact) mass is 604 g/mol. The van der Waals surface area contributed by atoms with E-state index in [1.165, 1.54) is 5.56 Å². The van der Waals surface area contributed by atoms with Gasteiger partial charge in [0.15, 0.2) is 6.29 Å². The maximum atomic E-state index is 11.0. The molecule has 0 aliphatic carbocycles. The second-order valence-electron chi connectivity index (χ2n) is 10.9. The largest absolute Gasteiger partial charge is 0.492 e. The molecule has 0 bridgehead atoms. The zero-order valence-corrected chi connectivity index (χ0v) is 25.7. The van der Waals surface area contributed by atoms with E-state index in [0.717, 1.165) is 76.3 Å². The van der Waals surface area contributed by atoms with Gasteiger partial charge < -0.3 is 40.4 Å². The average molecular weight is 605 g/mol. The molecule has 1 saturated heterocycles. The lowest BCUT2D eigenvalue weighted by Gasteiger charge is -2.38. The number of aliphatic hydroxyl groups excluding tert-OH is 3. The van der Waals surface area contributed by atoms with Crippen molar-refractivity contribution >= 4 is 5.97 Å². The number of aliphatic hydroxyl groups is 3. The third-order valence-electron chi connectivity index (χ3n) is 7.17. The number of carboxylic acids is 1. The van der Waals surface area contributed by atoms with Gasteiger partial charge in [0.05, 0.1) is 12.7 Å². The van der Waals surface area contributed by atoms with E-state index >= 15 is 0 Å². The maximum absolute atomic E-state index is 11.0. The van der Waals surface area contributed by atoms with Crippen LogP contribution in [0.2, 0.25) is 0 Å². The number of aryl methyl sites for hydroxylation is 1. The van der Waals surface area contributed by atoms with Crippen LogP contribution in [0.4, 0.5) is 0 Å². The summed E-state index contributed by atoms with van der Waals surface area (Å²) in [6.07, 6.45) is 2.49. The first kappa shape index (κ1) is 36.6. The van der Waals surface area contributed by atoms with Crippen molar-refractivity contribution in [2.24, 2.45) is 5.73 Å². The zero-order chi connectivity index (χ0) is 31.5. The van der Waals surface area contributed by atoms with Crippen LogP contribution in [0, 0.1) is 0 Å². The molecular formula is C33H52N2O8. The summed E-state index contributed by atoms with van der Waals surface area (Å²) in [5.74, 6) is -0.0187. The number of unbranched alkanes of at least 4 members (excludes halogenated alkanes) is 4. The first-order valence-electron chi connectivity index (χ1n) is 15.4. The van der Waals surface area contributed by atoms with Gasteiger partial charge in [-0.25, -0.2) is 0 Å². The van der Waals surface area contributed by atoms with Crippen LogP contribution in [-0.4, -0.2) is 95.1 Å². The van der Waals surface area contributed by atoms with Gasteiger partial charge in [-0.2, -0.15) is 0 Å². The van der Waals surface area contributed by atoms with Crippen molar-refractivity contribution in [3.63, 3.8) is 0 Å². The number of nitrogens with zero attached hydrogens (tertiary/aromatic N) is 1. The van der Waals surface area contributed by atoms with Gasteiger partial charge in [0, 0.05) is 25.6 Å². The highest BCUT2D eigenvalue weighted by atomic mass is 16.7. The van der Waals surface area contributed by atoms with E-state index in [1.54, 1.807) is 0 Å². The van der Waals surface area contributed by atoms with Crippen molar-refractivity contribution in [2.45, 2.75) is 89.5 Å². The van der Waals surface area contributed by atoms with E-state index in [0.29, 0.717) is 13.2 Å². The summed E-state index contributed by atoms with van der Waals surface area (Å²) in [6.45, 7) is 6.12. The van der Waals surface area contributed by atoms with Gasteiger partial charge in [0.1, 0.15) is 30.7 Å². The average Bonchev–Trinajstić information content (AvgIpc) is 3.00. The van der Waals surface area contributed by atoms with Crippen LogP contribution in [0.5, 0.6) is 5.75 Å². The molecule has 0 aromatic heterocycles. The first-order chi connectivity index (χ1) is 20.7. The fourth-order valence-corrected chi connectivity index (χ4v) is 4.81. The van der Waals surface area contributed by atoms with Crippen LogP contribution in [0.3, 0.4) is 0 Å². The summed E-state index contributed by atoms with van der Waals surface area (Å²) in [5.41, 5.74) is 7.66. The van der Waals surface area contributed by atoms with Gasteiger partial charge in [-0.3, -0.25) is 9.69 Å². The number of carbonyl (C=O) groups is 1. The molecular weight excluding hydrogens is 552 g/mol. The highest BCUT2D eigenvalue weighted by molar-refractivity contribution is 5.62. The molecule has 1 aliphatic rings. The molecule has 3 rings (SSSR count). The number of hydrogen-bond acceptors (Lipinski definition) is 9. The van der Waals surface area contributed by atoms with Crippen molar-refractivity contribution in [3.8, 4) is 5.75 Å². The van der Waals surface area contributed by atoms with Crippen molar-refractivity contribution in [1.29, 1.82) is 0 Å². The maximum Gasteiger partial charge on any atom is 0.300 e. The lowest BCUT2D eigenvalue weighted by molar-refractivity contribution is -0.283. The Balaban J connectivity index is 0.00000151. The molecule has 10 nitrogen and oxygen atoms in total. The van der Waals surface area contributed by atoms with Crippen LogP contribution in [0.15, 0.2) is 54.6 Å². The minimum absolute atomic E-state index is 0.0222. The SMILES string of the molecule is CC(=O)O.CCCCCCN(CCOc1ccc(CCCCN)cc1)C[C@H](O)[C@@H](O)[C@@H]1OC(c2ccccc2)OC[C@H]1O. The van der Waals surface area contributed by atoms with E-state index in [4.69, 9.17) is 29.8 Å². The van der Waals surface area contributed by atoms with Gasteiger partial charge in [0.25, 0.3) is 5.97 Å². The Hall–Kier alpha value is -2.57. The van der Waals surface area contributed by atoms with Crippen LogP contribution in [0.1, 0.15) is 69.8 Å². The lowest BCUT2D eigenvalue weighted by atomic mass is 10.0. The summed E-state index contributed by atoms with van der Waals surface area (Å²) < 4.78 is 17.5. The molecule has 2 aromatic carbocycles. The minimum atomic E-state index is -1.26. The molecule has 1 unspecified atom stereocenters. The molecule has 1 heterocycles. The molecule has 2 aromatic rings. The minimum Gasteiger partial charge on any atom is -0.492 e. The van der Waals surface area contributed by atoms with E-state index in [9.17, 15) is 15.3 Å².